The van der Waals surface area contributed by atoms with Gasteiger partial charge in [0, 0.05) is 23.6 Å². The second-order valence-electron chi connectivity index (χ2n) is 4.95. The van der Waals surface area contributed by atoms with Crippen molar-refractivity contribution < 1.29 is 9.84 Å². The van der Waals surface area contributed by atoms with Crippen LogP contribution >= 0.6 is 23.2 Å². The zero-order chi connectivity index (χ0) is 13.2. The van der Waals surface area contributed by atoms with Gasteiger partial charge < -0.3 is 9.84 Å². The van der Waals surface area contributed by atoms with E-state index >= 15 is 0 Å². The highest BCUT2D eigenvalue weighted by Crippen LogP contribution is 2.36. The molecule has 1 N–H and O–H groups in total. The fourth-order valence-corrected chi connectivity index (χ4v) is 3.27. The normalized spacial score (nSPS) is 28.3. The summed E-state index contributed by atoms with van der Waals surface area (Å²) in [4.78, 5) is 0. The van der Waals surface area contributed by atoms with Crippen LogP contribution in [0.15, 0.2) is 18.2 Å². The van der Waals surface area contributed by atoms with Crippen LogP contribution in [0.2, 0.25) is 10.0 Å². The smallest absolute Gasteiger partial charge is 0.0949 e. The highest BCUT2D eigenvalue weighted by molar-refractivity contribution is 6.36. The van der Waals surface area contributed by atoms with Gasteiger partial charge in [-0.1, -0.05) is 42.1 Å². The lowest BCUT2D eigenvalue weighted by Gasteiger charge is -2.39. The number of aliphatic hydroxyl groups is 1. The van der Waals surface area contributed by atoms with E-state index in [0.717, 1.165) is 31.2 Å². The first-order chi connectivity index (χ1) is 8.57. The van der Waals surface area contributed by atoms with Crippen LogP contribution in [-0.4, -0.2) is 23.9 Å². The maximum atomic E-state index is 10.8. The van der Waals surface area contributed by atoms with Gasteiger partial charge in [-0.15, -0.1) is 0 Å². The number of benzene rings is 1. The minimum atomic E-state index is -0.859. The summed E-state index contributed by atoms with van der Waals surface area (Å²) in [5, 5.41) is 12.0. The largest absolute Gasteiger partial charge is 0.387 e. The first kappa shape index (κ1) is 14.1. The van der Waals surface area contributed by atoms with Gasteiger partial charge in [-0.25, -0.2) is 0 Å². The van der Waals surface area contributed by atoms with E-state index in [1.165, 1.54) is 0 Å². The second-order valence-corrected chi connectivity index (χ2v) is 5.77. The van der Waals surface area contributed by atoms with Crippen molar-refractivity contribution in [1.82, 2.24) is 0 Å². The van der Waals surface area contributed by atoms with Gasteiger partial charge in [0.1, 0.15) is 0 Å². The zero-order valence-electron chi connectivity index (χ0n) is 10.5. The second kappa shape index (κ2) is 5.79. The Hall–Kier alpha value is -0.280. The molecule has 2 unspecified atom stereocenters. The van der Waals surface area contributed by atoms with Gasteiger partial charge in [0.15, 0.2) is 0 Å². The summed E-state index contributed by atoms with van der Waals surface area (Å²) in [6.45, 7) is 0. The lowest BCUT2D eigenvalue weighted by molar-refractivity contribution is -0.116. The van der Waals surface area contributed by atoms with Gasteiger partial charge in [0.25, 0.3) is 0 Å². The Balaban J connectivity index is 2.25. The number of methoxy groups -OCH3 is 1. The molecule has 0 aromatic heterocycles. The quantitative estimate of drug-likeness (QED) is 0.915. The number of ether oxygens (including phenoxy) is 1. The van der Waals surface area contributed by atoms with E-state index in [0.29, 0.717) is 16.5 Å². The molecular formula is C14H18Cl2O2. The molecule has 0 aliphatic heterocycles. The van der Waals surface area contributed by atoms with E-state index in [1.807, 2.05) is 6.07 Å². The molecule has 1 aliphatic carbocycles. The van der Waals surface area contributed by atoms with E-state index in [1.54, 1.807) is 19.2 Å². The van der Waals surface area contributed by atoms with Gasteiger partial charge >= 0.3 is 0 Å². The molecule has 2 atom stereocenters. The van der Waals surface area contributed by atoms with Crippen molar-refractivity contribution in [2.75, 3.05) is 7.11 Å². The molecule has 18 heavy (non-hydrogen) atoms. The maximum Gasteiger partial charge on any atom is 0.0949 e. The van der Waals surface area contributed by atoms with Crippen LogP contribution in [-0.2, 0) is 11.2 Å². The molecule has 0 heterocycles. The van der Waals surface area contributed by atoms with Crippen molar-refractivity contribution in [1.29, 1.82) is 0 Å². The Bertz CT molecular complexity index is 402. The van der Waals surface area contributed by atoms with Gasteiger partial charge in [0.2, 0.25) is 0 Å². The standard InChI is InChI=1S/C14H18Cl2O2/c1-18-13-7-2-3-8-14(13,17)9-10-11(15)5-4-6-12(10)16/h4-6,13,17H,2-3,7-9H2,1H3. The van der Waals surface area contributed by atoms with Crippen molar-refractivity contribution in [3.63, 3.8) is 0 Å². The molecule has 1 fully saturated rings. The summed E-state index contributed by atoms with van der Waals surface area (Å²) in [6.07, 6.45) is 4.03. The van der Waals surface area contributed by atoms with E-state index in [2.05, 4.69) is 0 Å². The van der Waals surface area contributed by atoms with E-state index < -0.39 is 5.60 Å². The number of rotatable bonds is 3. The van der Waals surface area contributed by atoms with Crippen LogP contribution in [0, 0.1) is 0 Å². The topological polar surface area (TPSA) is 29.5 Å². The summed E-state index contributed by atoms with van der Waals surface area (Å²) in [5.74, 6) is 0. The van der Waals surface area contributed by atoms with Crippen molar-refractivity contribution in [2.24, 2.45) is 0 Å². The third kappa shape index (κ3) is 2.83. The Labute approximate surface area is 118 Å². The van der Waals surface area contributed by atoms with Crippen LogP contribution in [0.4, 0.5) is 0 Å². The first-order valence-electron chi connectivity index (χ1n) is 6.25. The van der Waals surface area contributed by atoms with Crippen LogP contribution in [0.3, 0.4) is 0 Å². The van der Waals surface area contributed by atoms with Gasteiger partial charge in [-0.2, -0.15) is 0 Å². The molecule has 1 aliphatic rings. The summed E-state index contributed by atoms with van der Waals surface area (Å²) in [5.41, 5.74) is -0.0472. The van der Waals surface area contributed by atoms with E-state index in [4.69, 9.17) is 27.9 Å². The molecule has 1 aromatic rings. The molecule has 1 aromatic carbocycles. The predicted molar refractivity (Wildman–Crippen MR) is 74.4 cm³/mol. The van der Waals surface area contributed by atoms with Crippen molar-refractivity contribution in [2.45, 2.75) is 43.8 Å². The van der Waals surface area contributed by atoms with Crippen LogP contribution in [0.1, 0.15) is 31.2 Å². The predicted octanol–water partition coefficient (Wildman–Crippen LogP) is 3.86. The molecule has 0 radical (unpaired) electrons. The van der Waals surface area contributed by atoms with Gasteiger partial charge in [-0.3, -0.25) is 0 Å². The molecule has 100 valence electrons. The van der Waals surface area contributed by atoms with E-state index in [-0.39, 0.29) is 6.10 Å². The molecule has 0 saturated heterocycles. The monoisotopic (exact) mass is 288 g/mol. The van der Waals surface area contributed by atoms with Crippen LogP contribution < -0.4 is 0 Å². The molecule has 0 bridgehead atoms. The number of halogens is 2. The SMILES string of the molecule is COC1CCCCC1(O)Cc1c(Cl)cccc1Cl. The molecule has 0 amide bonds. The summed E-state index contributed by atoms with van der Waals surface area (Å²) in [6, 6.07) is 5.42. The van der Waals surface area contributed by atoms with Crippen molar-refractivity contribution >= 4 is 23.2 Å². The van der Waals surface area contributed by atoms with Crippen LogP contribution in [0.25, 0.3) is 0 Å². The summed E-state index contributed by atoms with van der Waals surface area (Å²) >= 11 is 12.3. The first-order valence-corrected chi connectivity index (χ1v) is 7.00. The summed E-state index contributed by atoms with van der Waals surface area (Å²) < 4.78 is 5.42. The van der Waals surface area contributed by atoms with E-state index in [9.17, 15) is 5.11 Å². The Morgan fingerprint density at radius 2 is 2.00 bits per heavy atom. The zero-order valence-corrected chi connectivity index (χ0v) is 12.0. The lowest BCUT2D eigenvalue weighted by atomic mass is 9.78. The number of hydrogen-bond acceptors (Lipinski definition) is 2. The molecular weight excluding hydrogens is 271 g/mol. The molecule has 0 spiro atoms. The van der Waals surface area contributed by atoms with Gasteiger partial charge in [-0.05, 0) is 30.5 Å². The third-order valence-electron chi connectivity index (χ3n) is 3.75. The minimum Gasteiger partial charge on any atom is -0.387 e. The minimum absolute atomic E-state index is 0.140. The molecule has 4 heteroatoms. The Morgan fingerprint density at radius 1 is 1.33 bits per heavy atom. The average Bonchev–Trinajstić information content (AvgIpc) is 2.35. The average molecular weight is 289 g/mol. The third-order valence-corrected chi connectivity index (χ3v) is 4.46. The molecule has 2 rings (SSSR count). The molecule has 2 nitrogen and oxygen atoms in total. The lowest BCUT2D eigenvalue weighted by Crippen LogP contribution is -2.47. The Morgan fingerprint density at radius 3 is 2.61 bits per heavy atom. The van der Waals surface area contributed by atoms with Gasteiger partial charge in [0.05, 0.1) is 11.7 Å². The highest BCUT2D eigenvalue weighted by atomic mass is 35.5. The van der Waals surface area contributed by atoms with Crippen LogP contribution in [0.5, 0.6) is 0 Å². The maximum absolute atomic E-state index is 10.8. The van der Waals surface area contributed by atoms with Crippen molar-refractivity contribution in [3.8, 4) is 0 Å². The molecule has 1 saturated carbocycles. The summed E-state index contributed by atoms with van der Waals surface area (Å²) in [7, 11) is 1.65. The Kier molecular flexibility index (Phi) is 4.54. The fourth-order valence-electron chi connectivity index (χ4n) is 2.74. The van der Waals surface area contributed by atoms with Crippen molar-refractivity contribution in [3.05, 3.63) is 33.8 Å². The fraction of sp³-hybridized carbons (Fsp3) is 0.571. The highest BCUT2D eigenvalue weighted by Gasteiger charge is 2.40. The number of hydrogen-bond donors (Lipinski definition) is 1.